The Morgan fingerprint density at radius 3 is 1.77 bits per heavy atom. The summed E-state index contributed by atoms with van der Waals surface area (Å²) in [5, 5.41) is 33.4. The first-order valence-electron chi connectivity index (χ1n) is 25.1. The van der Waals surface area contributed by atoms with E-state index >= 15 is 0 Å². The van der Waals surface area contributed by atoms with Crippen molar-refractivity contribution in [3.05, 3.63) is 71.3 Å². The zero-order chi connectivity index (χ0) is 54.7. The summed E-state index contributed by atoms with van der Waals surface area (Å²) in [5.41, 5.74) is 2.03. The normalized spacial score (nSPS) is 13.8. The first kappa shape index (κ1) is 63.1. The van der Waals surface area contributed by atoms with E-state index in [2.05, 4.69) is 73.5 Å². The maximum atomic E-state index is 14.1. The minimum absolute atomic E-state index is 0.122. The van der Waals surface area contributed by atoms with Gasteiger partial charge in [-0.25, -0.2) is 0 Å². The molecule has 9 amide bonds. The molecule has 0 aliphatic rings. The molecule has 0 radical (unpaired) electrons. The summed E-state index contributed by atoms with van der Waals surface area (Å²) in [6, 6.07) is 9.25. The Balaban J connectivity index is 2.20. The number of hydrogen-bond acceptors (Lipinski definition) is 12. The highest BCUT2D eigenvalue weighted by atomic mass is 32.2. The fraction of sp³-hybridized carbons (Fsp3) is 0.596. The number of unbranched alkanes of at least 4 members (excludes halogenated alkanes) is 1. The molecule has 0 unspecified atom stereocenters. The van der Waals surface area contributed by atoms with Crippen molar-refractivity contribution in [1.82, 2.24) is 52.8 Å². The Hall–Kier alpha value is -6.06. The lowest BCUT2D eigenvalue weighted by Gasteiger charge is -2.27. The van der Waals surface area contributed by atoms with E-state index in [9.17, 15) is 48.3 Å². The van der Waals surface area contributed by atoms with E-state index in [0.29, 0.717) is 30.6 Å². The second-order valence-corrected chi connectivity index (χ2v) is 20.3. The molecule has 10 N–H and O–H groups in total. The molecule has 0 saturated heterocycles. The van der Waals surface area contributed by atoms with Gasteiger partial charge in [-0.15, -0.1) is 0 Å². The van der Waals surface area contributed by atoms with Gasteiger partial charge < -0.3 is 57.9 Å². The van der Waals surface area contributed by atoms with Crippen LogP contribution in [-0.4, -0.2) is 158 Å². The summed E-state index contributed by atoms with van der Waals surface area (Å²) >= 11 is 1.50. The van der Waals surface area contributed by atoms with Gasteiger partial charge in [0.2, 0.25) is 47.3 Å². The van der Waals surface area contributed by atoms with Crippen LogP contribution in [0.1, 0.15) is 109 Å². The molecule has 73 heavy (non-hydrogen) atoms. The number of nitrogens with zero attached hydrogens (tertiary/aromatic N) is 1. The lowest BCUT2D eigenvalue weighted by atomic mass is 9.86. The van der Waals surface area contributed by atoms with Crippen molar-refractivity contribution in [2.45, 2.75) is 136 Å². The molecule has 6 atom stereocenters. The number of likely N-dealkylation sites (N-methyl/N-ethyl adjacent to an activating group) is 1. The number of aliphatic hydroxyl groups is 1. The van der Waals surface area contributed by atoms with Gasteiger partial charge in [-0.3, -0.25) is 43.2 Å². The number of thioether (sulfide) groups is 1. The molecule has 0 saturated carbocycles. The number of hydrogen-bond donors (Lipinski definition) is 10. The minimum atomic E-state index is -1.54. The molecule has 0 heterocycles. The summed E-state index contributed by atoms with van der Waals surface area (Å²) in [6.45, 7) is 15.8. The molecule has 2 rings (SSSR count). The largest absolute Gasteiger partial charge is 0.394 e. The topological polar surface area (TPSA) is 285 Å². The standard InChI is InChI=1S/C52H82N10O10S/c1-11-62(12-2)26-17-16-20-38(49(70)61-42(32-63)48(69)55-30-43(64)54-31-44(65)57-39(25-27-73-10)47(68)53-9)58-51(72)40(28-33(3)4)59-45(66)34(5)56-50(71)41(29-35-18-14-13-15-19-35)60-46(67)36-21-23-37(24-22-36)52(6,7)8/h13-15,18-19,21-24,33-34,38-42,63H,11-12,16-17,20,25-32H2,1-10H3,(H,53,68)(H,54,64)(H,55,69)(H,56,71)(H,57,65)(H,58,72)(H,59,66)(H,60,67)(H,61,70)/t34-,38-,39-,40-,41-,42-/m0/s1. The monoisotopic (exact) mass is 1040 g/mol. The van der Waals surface area contributed by atoms with Gasteiger partial charge in [0.05, 0.1) is 19.7 Å². The Kier molecular flexibility index (Phi) is 28.4. The molecule has 0 bridgehead atoms. The van der Waals surface area contributed by atoms with Crippen molar-refractivity contribution in [2.75, 3.05) is 58.4 Å². The molecule has 0 fully saturated rings. The number of rotatable bonds is 32. The molecular weight excluding hydrogens is 957 g/mol. The average molecular weight is 1040 g/mol. The Bertz CT molecular complexity index is 2100. The van der Waals surface area contributed by atoms with E-state index in [0.717, 1.165) is 30.8 Å². The molecule has 406 valence electrons. The van der Waals surface area contributed by atoms with Crippen molar-refractivity contribution in [2.24, 2.45) is 5.92 Å². The van der Waals surface area contributed by atoms with Gasteiger partial charge in [-0.05, 0) is 105 Å². The van der Waals surface area contributed by atoms with Crippen LogP contribution in [0.3, 0.4) is 0 Å². The molecule has 0 aromatic heterocycles. The predicted molar refractivity (Wildman–Crippen MR) is 283 cm³/mol. The third-order valence-corrected chi connectivity index (χ3v) is 12.6. The lowest BCUT2D eigenvalue weighted by molar-refractivity contribution is -0.135. The Morgan fingerprint density at radius 1 is 0.616 bits per heavy atom. The van der Waals surface area contributed by atoms with Gasteiger partial charge in [-0.2, -0.15) is 11.8 Å². The van der Waals surface area contributed by atoms with Crippen molar-refractivity contribution < 1.29 is 48.3 Å². The lowest BCUT2D eigenvalue weighted by Crippen LogP contribution is -2.59. The zero-order valence-corrected chi connectivity index (χ0v) is 45.2. The number of amides is 9. The molecule has 20 nitrogen and oxygen atoms in total. The van der Waals surface area contributed by atoms with Gasteiger partial charge >= 0.3 is 0 Å². The summed E-state index contributed by atoms with van der Waals surface area (Å²) in [6.07, 6.45) is 3.78. The summed E-state index contributed by atoms with van der Waals surface area (Å²) in [4.78, 5) is 122. The smallest absolute Gasteiger partial charge is 0.251 e. The number of aliphatic hydroxyl groups excluding tert-OH is 1. The van der Waals surface area contributed by atoms with Gasteiger partial charge in [0.15, 0.2) is 0 Å². The molecule has 2 aromatic rings. The van der Waals surface area contributed by atoms with E-state index < -0.39 is 103 Å². The maximum absolute atomic E-state index is 14.1. The van der Waals surface area contributed by atoms with E-state index in [1.165, 1.54) is 25.7 Å². The maximum Gasteiger partial charge on any atom is 0.251 e. The highest BCUT2D eigenvalue weighted by Crippen LogP contribution is 2.22. The number of nitrogens with one attached hydrogen (secondary N) is 9. The van der Waals surface area contributed by atoms with E-state index in [4.69, 9.17) is 0 Å². The van der Waals surface area contributed by atoms with Crippen molar-refractivity contribution >= 4 is 64.9 Å². The molecular formula is C52H82N10O10S. The van der Waals surface area contributed by atoms with Gasteiger partial charge in [0.1, 0.15) is 36.3 Å². The van der Waals surface area contributed by atoms with Crippen LogP contribution in [0.5, 0.6) is 0 Å². The second-order valence-electron chi connectivity index (χ2n) is 19.3. The fourth-order valence-corrected chi connectivity index (χ4v) is 7.96. The number of carbonyl (C=O) groups is 9. The number of carbonyl (C=O) groups excluding carboxylic acids is 9. The van der Waals surface area contributed by atoms with Crippen molar-refractivity contribution in [3.63, 3.8) is 0 Å². The fourth-order valence-electron chi connectivity index (χ4n) is 7.49. The van der Waals surface area contributed by atoms with Crippen LogP contribution in [0, 0.1) is 5.92 Å². The number of benzene rings is 2. The van der Waals surface area contributed by atoms with Gasteiger partial charge in [-0.1, -0.05) is 90.9 Å². The quantitative estimate of drug-likeness (QED) is 0.0461. The van der Waals surface area contributed by atoms with Crippen LogP contribution < -0.4 is 47.9 Å². The van der Waals surface area contributed by atoms with E-state index in [1.54, 1.807) is 12.1 Å². The van der Waals surface area contributed by atoms with Crippen LogP contribution in [0.2, 0.25) is 0 Å². The van der Waals surface area contributed by atoms with Crippen LogP contribution >= 0.6 is 11.8 Å². The van der Waals surface area contributed by atoms with Crippen LogP contribution in [0.15, 0.2) is 54.6 Å². The Labute approximate surface area is 435 Å². The molecule has 0 spiro atoms. The van der Waals surface area contributed by atoms with E-state index in [1.807, 2.05) is 76.4 Å². The second kappa shape index (κ2) is 32.9. The van der Waals surface area contributed by atoms with Crippen LogP contribution in [0.4, 0.5) is 0 Å². The van der Waals surface area contributed by atoms with Gasteiger partial charge in [0, 0.05) is 19.0 Å². The molecule has 2 aromatic carbocycles. The summed E-state index contributed by atoms with van der Waals surface area (Å²) < 4.78 is 0. The minimum Gasteiger partial charge on any atom is -0.394 e. The predicted octanol–water partition coefficient (Wildman–Crippen LogP) is 1.05. The molecule has 0 aliphatic heterocycles. The third kappa shape index (κ3) is 23.6. The average Bonchev–Trinajstić information content (AvgIpc) is 3.36. The van der Waals surface area contributed by atoms with Gasteiger partial charge in [0.25, 0.3) is 5.91 Å². The zero-order valence-electron chi connectivity index (χ0n) is 44.4. The van der Waals surface area contributed by atoms with Crippen molar-refractivity contribution in [3.8, 4) is 0 Å². The van der Waals surface area contributed by atoms with E-state index in [-0.39, 0.29) is 36.5 Å². The highest BCUT2D eigenvalue weighted by Gasteiger charge is 2.32. The van der Waals surface area contributed by atoms with Crippen LogP contribution in [-0.2, 0) is 50.2 Å². The first-order chi connectivity index (χ1) is 34.6. The summed E-state index contributed by atoms with van der Waals surface area (Å²) in [5.74, 6) is -5.50. The first-order valence-corrected chi connectivity index (χ1v) is 26.5. The van der Waals surface area contributed by atoms with Crippen molar-refractivity contribution in [1.29, 1.82) is 0 Å². The Morgan fingerprint density at radius 2 is 1.19 bits per heavy atom. The SMILES string of the molecule is CCN(CC)CCCC[C@H](NC(=O)[C@H](CC(C)C)NC(=O)[C@H](C)NC(=O)[C@H](Cc1ccccc1)NC(=O)c1ccc(C(C)(C)C)cc1)C(=O)N[C@@H](CO)C(=O)NCC(=O)NCC(=O)N[C@@H](CCSC)C(=O)NC. The third-order valence-electron chi connectivity index (χ3n) is 11.9. The summed E-state index contributed by atoms with van der Waals surface area (Å²) in [7, 11) is 1.44. The molecule has 21 heteroatoms. The van der Waals surface area contributed by atoms with Crippen LogP contribution in [0.25, 0.3) is 0 Å². The molecule has 0 aliphatic carbocycles. The highest BCUT2D eigenvalue weighted by molar-refractivity contribution is 7.98.